The van der Waals surface area contributed by atoms with Crippen LogP contribution in [-0.4, -0.2) is 53.9 Å². The first-order valence-electron chi connectivity index (χ1n) is 12.4. The van der Waals surface area contributed by atoms with Gasteiger partial charge in [-0.1, -0.05) is 18.0 Å². The van der Waals surface area contributed by atoms with Gasteiger partial charge in [0.15, 0.2) is 11.5 Å². The van der Waals surface area contributed by atoms with Crippen molar-refractivity contribution in [2.45, 2.75) is 42.0 Å². The number of amides is 1. The van der Waals surface area contributed by atoms with Crippen LogP contribution in [-0.2, 0) is 20.0 Å². The minimum Gasteiger partial charge on any atom is -0.493 e. The molecule has 1 amide bonds. The number of hydrogen-bond donors (Lipinski definition) is 2. The Morgan fingerprint density at radius 3 is 2.10 bits per heavy atom. The van der Waals surface area contributed by atoms with Crippen LogP contribution < -0.4 is 19.5 Å². The maximum Gasteiger partial charge on any atom is 0.261 e. The minimum absolute atomic E-state index is 0.0472. The van der Waals surface area contributed by atoms with Crippen molar-refractivity contribution in [3.05, 3.63) is 71.2 Å². The lowest BCUT2D eigenvalue weighted by Gasteiger charge is -2.32. The van der Waals surface area contributed by atoms with E-state index in [1.807, 2.05) is 6.92 Å². The first-order valence-corrected chi connectivity index (χ1v) is 15.7. The van der Waals surface area contributed by atoms with Crippen molar-refractivity contribution in [3.8, 4) is 11.5 Å². The highest BCUT2D eigenvalue weighted by Crippen LogP contribution is 2.35. The normalized spacial score (nSPS) is 16.2. The number of rotatable bonds is 9. The largest absolute Gasteiger partial charge is 0.493 e. The number of sulfonamides is 2. The van der Waals surface area contributed by atoms with Crippen molar-refractivity contribution >= 4 is 48.9 Å². The van der Waals surface area contributed by atoms with E-state index in [4.69, 9.17) is 21.1 Å². The zero-order chi connectivity index (χ0) is 29.1. The summed E-state index contributed by atoms with van der Waals surface area (Å²) in [6.07, 6.45) is 2.61. The standard InChI is InChI=1S/C27H30ClN3O7S2/c1-18-6-4-5-15-31(18)40(35,36)22-13-9-20(10-14-22)29-27(32)23-16-25(37-2)26(38-3)17-24(23)30-39(33,34)21-11-7-19(28)8-12-21/h7-14,16-18,30H,4-6,15H2,1-3H3,(H,29,32). The number of halogens is 1. The fourth-order valence-electron chi connectivity index (χ4n) is 4.44. The lowest BCUT2D eigenvalue weighted by molar-refractivity contribution is 0.102. The van der Waals surface area contributed by atoms with Gasteiger partial charge in [0.2, 0.25) is 10.0 Å². The molecule has 0 radical (unpaired) electrons. The third-order valence-corrected chi connectivity index (χ3v) is 10.3. The van der Waals surface area contributed by atoms with Crippen molar-refractivity contribution in [2.75, 3.05) is 30.8 Å². The first kappa shape index (κ1) is 29.7. The highest BCUT2D eigenvalue weighted by molar-refractivity contribution is 7.92. The van der Waals surface area contributed by atoms with Gasteiger partial charge in [0.1, 0.15) is 0 Å². The maximum absolute atomic E-state index is 13.4. The lowest BCUT2D eigenvalue weighted by Crippen LogP contribution is -2.41. The van der Waals surface area contributed by atoms with Gasteiger partial charge in [-0.25, -0.2) is 16.8 Å². The summed E-state index contributed by atoms with van der Waals surface area (Å²) in [6, 6.07) is 14.0. The minimum atomic E-state index is -4.10. The van der Waals surface area contributed by atoms with E-state index in [9.17, 15) is 21.6 Å². The van der Waals surface area contributed by atoms with E-state index in [2.05, 4.69) is 10.0 Å². The molecule has 1 aliphatic heterocycles. The van der Waals surface area contributed by atoms with E-state index in [1.54, 1.807) is 0 Å². The van der Waals surface area contributed by atoms with Crippen LogP contribution in [0.25, 0.3) is 0 Å². The van der Waals surface area contributed by atoms with E-state index in [-0.39, 0.29) is 38.6 Å². The third-order valence-electron chi connectivity index (χ3n) is 6.60. The van der Waals surface area contributed by atoms with Gasteiger partial charge >= 0.3 is 0 Å². The SMILES string of the molecule is COc1cc(NS(=O)(=O)c2ccc(Cl)cc2)c(C(=O)Nc2ccc(S(=O)(=O)N3CCCCC3C)cc2)cc1OC. The monoisotopic (exact) mass is 607 g/mol. The summed E-state index contributed by atoms with van der Waals surface area (Å²) in [5, 5.41) is 3.06. The topological polar surface area (TPSA) is 131 Å². The first-order chi connectivity index (χ1) is 19.0. The number of carbonyl (C=O) groups excluding carboxylic acids is 1. The summed E-state index contributed by atoms with van der Waals surface area (Å²) in [4.78, 5) is 13.4. The number of nitrogens with one attached hydrogen (secondary N) is 2. The molecule has 214 valence electrons. The van der Waals surface area contributed by atoms with Gasteiger partial charge in [0.25, 0.3) is 15.9 Å². The van der Waals surface area contributed by atoms with Gasteiger partial charge in [-0.15, -0.1) is 0 Å². The molecule has 1 atom stereocenters. The summed E-state index contributed by atoms with van der Waals surface area (Å²) < 4.78 is 67.0. The summed E-state index contributed by atoms with van der Waals surface area (Å²) in [5.74, 6) is -0.247. The van der Waals surface area contributed by atoms with Crippen molar-refractivity contribution in [2.24, 2.45) is 0 Å². The van der Waals surface area contributed by atoms with Crippen LogP contribution in [0.3, 0.4) is 0 Å². The van der Waals surface area contributed by atoms with Gasteiger partial charge in [-0.05, 0) is 74.4 Å². The summed E-state index contributed by atoms with van der Waals surface area (Å²) in [7, 11) is -5.00. The lowest BCUT2D eigenvalue weighted by atomic mass is 10.1. The summed E-state index contributed by atoms with van der Waals surface area (Å²) >= 11 is 5.88. The molecule has 2 N–H and O–H groups in total. The Labute approximate surface area is 239 Å². The molecule has 40 heavy (non-hydrogen) atoms. The van der Waals surface area contributed by atoms with Crippen LogP contribution in [0, 0.1) is 0 Å². The molecular formula is C27H30ClN3O7S2. The molecule has 10 nitrogen and oxygen atoms in total. The molecule has 0 aliphatic carbocycles. The molecule has 1 aliphatic rings. The highest BCUT2D eigenvalue weighted by atomic mass is 35.5. The van der Waals surface area contributed by atoms with E-state index >= 15 is 0 Å². The molecule has 3 aromatic rings. The molecule has 1 heterocycles. The van der Waals surface area contributed by atoms with Crippen LogP contribution in [0.15, 0.2) is 70.5 Å². The average molecular weight is 608 g/mol. The van der Waals surface area contributed by atoms with E-state index in [0.717, 1.165) is 19.3 Å². The van der Waals surface area contributed by atoms with E-state index < -0.39 is 26.0 Å². The Bertz CT molecular complexity index is 1590. The second-order valence-corrected chi connectivity index (χ2v) is 13.3. The molecule has 1 unspecified atom stereocenters. The molecule has 1 saturated heterocycles. The van der Waals surface area contributed by atoms with Crippen LogP contribution in [0.2, 0.25) is 5.02 Å². The van der Waals surface area contributed by atoms with Gasteiger partial charge < -0.3 is 14.8 Å². The molecule has 3 aromatic carbocycles. The third kappa shape index (κ3) is 6.35. The van der Waals surface area contributed by atoms with Crippen molar-refractivity contribution in [1.29, 1.82) is 0 Å². The quantitative estimate of drug-likeness (QED) is 0.351. The van der Waals surface area contributed by atoms with E-state index in [0.29, 0.717) is 17.3 Å². The average Bonchev–Trinajstić information content (AvgIpc) is 2.93. The second kappa shape index (κ2) is 12.0. The van der Waals surface area contributed by atoms with Gasteiger partial charge in [0.05, 0.1) is 35.3 Å². The number of ether oxygens (including phenoxy) is 2. The summed E-state index contributed by atoms with van der Waals surface area (Å²) in [5.41, 5.74) is 0.217. The second-order valence-electron chi connectivity index (χ2n) is 9.25. The molecule has 0 aromatic heterocycles. The fourth-order valence-corrected chi connectivity index (χ4v) is 7.34. The van der Waals surface area contributed by atoms with Crippen LogP contribution >= 0.6 is 11.6 Å². The predicted octanol–water partition coefficient (Wildman–Crippen LogP) is 4.97. The van der Waals surface area contributed by atoms with Gasteiger partial charge in [-0.2, -0.15) is 4.31 Å². The Hall–Kier alpha value is -3.32. The number of piperidine rings is 1. The number of hydrogen-bond acceptors (Lipinski definition) is 7. The predicted molar refractivity (Wildman–Crippen MR) is 153 cm³/mol. The van der Waals surface area contributed by atoms with Crippen LogP contribution in [0.4, 0.5) is 11.4 Å². The number of benzene rings is 3. The number of anilines is 2. The molecule has 1 fully saturated rings. The molecule has 0 bridgehead atoms. The number of nitrogens with zero attached hydrogens (tertiary/aromatic N) is 1. The fraction of sp³-hybridized carbons (Fsp3) is 0.296. The maximum atomic E-state index is 13.4. The van der Waals surface area contributed by atoms with Crippen molar-refractivity contribution in [3.63, 3.8) is 0 Å². The molecule has 0 saturated carbocycles. The zero-order valence-corrected chi connectivity index (χ0v) is 24.6. The molecular weight excluding hydrogens is 578 g/mol. The molecule has 13 heteroatoms. The Kier molecular flexibility index (Phi) is 8.93. The van der Waals surface area contributed by atoms with Crippen molar-refractivity contribution in [1.82, 2.24) is 4.31 Å². The smallest absolute Gasteiger partial charge is 0.261 e. The van der Waals surface area contributed by atoms with Gasteiger partial charge in [-0.3, -0.25) is 9.52 Å². The highest BCUT2D eigenvalue weighted by Gasteiger charge is 2.31. The van der Waals surface area contributed by atoms with Crippen LogP contribution in [0.5, 0.6) is 11.5 Å². The number of methoxy groups -OCH3 is 2. The zero-order valence-electron chi connectivity index (χ0n) is 22.2. The Morgan fingerprint density at radius 1 is 0.900 bits per heavy atom. The van der Waals surface area contributed by atoms with Crippen LogP contribution in [0.1, 0.15) is 36.5 Å². The van der Waals surface area contributed by atoms with Gasteiger partial charge in [0, 0.05) is 29.4 Å². The number of carbonyl (C=O) groups is 1. The Balaban J connectivity index is 1.62. The van der Waals surface area contributed by atoms with E-state index in [1.165, 1.54) is 79.2 Å². The Morgan fingerprint density at radius 2 is 1.50 bits per heavy atom. The van der Waals surface area contributed by atoms with Crippen molar-refractivity contribution < 1.29 is 31.1 Å². The molecule has 4 rings (SSSR count). The molecule has 0 spiro atoms. The summed E-state index contributed by atoms with van der Waals surface area (Å²) in [6.45, 7) is 2.36.